The van der Waals surface area contributed by atoms with Gasteiger partial charge in [0.05, 0.1) is 10.6 Å². The van der Waals surface area contributed by atoms with Crippen molar-refractivity contribution in [1.82, 2.24) is 4.98 Å². The molecule has 0 aliphatic heterocycles. The maximum Gasteiger partial charge on any atom is 0.273 e. The average Bonchev–Trinajstić information content (AvgIpc) is 3.16. The molecule has 0 aliphatic carbocycles. The SMILES string of the molecule is Cc1ccc(C(=O)Nc2nc(-c3ccc4ccccc4c3)cs2)cc1[N+](=O)[O-]. The number of rotatable bonds is 4. The summed E-state index contributed by atoms with van der Waals surface area (Å²) in [5.41, 5.74) is 2.38. The Balaban J connectivity index is 1.57. The first kappa shape index (κ1) is 17.8. The van der Waals surface area contributed by atoms with Gasteiger partial charge in [-0.2, -0.15) is 0 Å². The highest BCUT2D eigenvalue weighted by Crippen LogP contribution is 2.28. The number of benzene rings is 3. The van der Waals surface area contributed by atoms with Crippen LogP contribution >= 0.6 is 11.3 Å². The van der Waals surface area contributed by atoms with Crippen molar-refractivity contribution in [2.45, 2.75) is 6.92 Å². The van der Waals surface area contributed by atoms with E-state index in [1.54, 1.807) is 19.1 Å². The largest absolute Gasteiger partial charge is 0.298 e. The molecule has 0 bridgehead atoms. The summed E-state index contributed by atoms with van der Waals surface area (Å²) >= 11 is 1.31. The Labute approximate surface area is 164 Å². The van der Waals surface area contributed by atoms with Crippen LogP contribution in [0.3, 0.4) is 0 Å². The number of nitro benzene ring substituents is 1. The Hall–Kier alpha value is -3.58. The zero-order valence-corrected chi connectivity index (χ0v) is 15.7. The minimum atomic E-state index is -0.493. The van der Waals surface area contributed by atoms with Crippen LogP contribution in [0.15, 0.2) is 66.0 Å². The van der Waals surface area contributed by atoms with Gasteiger partial charge in [0.2, 0.25) is 0 Å². The Bertz CT molecular complexity index is 1220. The van der Waals surface area contributed by atoms with E-state index in [1.807, 2.05) is 41.8 Å². The molecule has 0 aliphatic rings. The van der Waals surface area contributed by atoms with Crippen LogP contribution < -0.4 is 5.32 Å². The van der Waals surface area contributed by atoms with E-state index >= 15 is 0 Å². The van der Waals surface area contributed by atoms with Crippen molar-refractivity contribution in [3.8, 4) is 11.3 Å². The fourth-order valence-electron chi connectivity index (χ4n) is 2.93. The Kier molecular flexibility index (Phi) is 4.58. The molecule has 6 nitrogen and oxygen atoms in total. The van der Waals surface area contributed by atoms with E-state index in [2.05, 4.69) is 16.4 Å². The van der Waals surface area contributed by atoms with Gasteiger partial charge in [-0.05, 0) is 29.8 Å². The molecule has 1 heterocycles. The van der Waals surface area contributed by atoms with Gasteiger partial charge in [-0.25, -0.2) is 4.98 Å². The minimum Gasteiger partial charge on any atom is -0.298 e. The lowest BCUT2D eigenvalue weighted by molar-refractivity contribution is -0.385. The zero-order valence-electron chi connectivity index (χ0n) is 14.9. The van der Waals surface area contributed by atoms with E-state index in [1.165, 1.54) is 17.4 Å². The van der Waals surface area contributed by atoms with Crippen LogP contribution in [0.2, 0.25) is 0 Å². The van der Waals surface area contributed by atoms with E-state index < -0.39 is 10.8 Å². The molecule has 1 aromatic heterocycles. The highest BCUT2D eigenvalue weighted by atomic mass is 32.1. The number of nitrogens with one attached hydrogen (secondary N) is 1. The van der Waals surface area contributed by atoms with Crippen molar-refractivity contribution >= 4 is 38.8 Å². The highest BCUT2D eigenvalue weighted by molar-refractivity contribution is 7.14. The lowest BCUT2D eigenvalue weighted by Crippen LogP contribution is -2.12. The van der Waals surface area contributed by atoms with Crippen molar-refractivity contribution < 1.29 is 9.72 Å². The van der Waals surface area contributed by atoms with Crippen LogP contribution in [0.4, 0.5) is 10.8 Å². The standard InChI is InChI=1S/C21H15N3O3S/c1-13-6-7-17(11-19(13)24(26)27)20(25)23-21-22-18(12-28-21)16-9-8-14-4-2-3-5-15(14)10-16/h2-12H,1H3,(H,22,23,25). The third-order valence-corrected chi connectivity index (χ3v) is 5.20. The van der Waals surface area contributed by atoms with Crippen LogP contribution in [-0.4, -0.2) is 15.8 Å². The number of carbonyl (C=O) groups excluding carboxylic acids is 1. The summed E-state index contributed by atoms with van der Waals surface area (Å²) in [6.45, 7) is 1.64. The minimum absolute atomic E-state index is 0.0800. The van der Waals surface area contributed by atoms with Gasteiger partial charge in [0.15, 0.2) is 5.13 Å². The molecule has 4 rings (SSSR count). The molecule has 0 spiro atoms. The molecule has 0 unspecified atom stereocenters. The molecule has 0 saturated heterocycles. The van der Waals surface area contributed by atoms with Crippen LogP contribution in [-0.2, 0) is 0 Å². The first-order valence-electron chi connectivity index (χ1n) is 8.52. The van der Waals surface area contributed by atoms with Gasteiger partial charge in [0.25, 0.3) is 11.6 Å². The van der Waals surface area contributed by atoms with Crippen LogP contribution in [0, 0.1) is 17.0 Å². The Morgan fingerprint density at radius 3 is 2.64 bits per heavy atom. The predicted octanol–water partition coefficient (Wildman–Crippen LogP) is 5.43. The second-order valence-corrected chi connectivity index (χ2v) is 7.17. The summed E-state index contributed by atoms with van der Waals surface area (Å²) in [7, 11) is 0. The van der Waals surface area contributed by atoms with Crippen molar-refractivity contribution in [3.05, 3.63) is 87.3 Å². The number of amides is 1. The summed E-state index contributed by atoms with van der Waals surface area (Å²) < 4.78 is 0. The Morgan fingerprint density at radius 1 is 1.07 bits per heavy atom. The normalized spacial score (nSPS) is 10.8. The highest BCUT2D eigenvalue weighted by Gasteiger charge is 2.16. The fourth-order valence-corrected chi connectivity index (χ4v) is 3.64. The molecule has 0 saturated carbocycles. The number of aromatic nitrogens is 1. The summed E-state index contributed by atoms with van der Waals surface area (Å²) in [6, 6.07) is 18.6. The van der Waals surface area contributed by atoms with Crippen LogP contribution in [0.25, 0.3) is 22.0 Å². The summed E-state index contributed by atoms with van der Waals surface area (Å²) in [5, 5.41) is 18.4. The smallest absolute Gasteiger partial charge is 0.273 e. The van der Waals surface area contributed by atoms with E-state index in [0.717, 1.165) is 22.0 Å². The number of fused-ring (bicyclic) bond motifs is 1. The van der Waals surface area contributed by atoms with Gasteiger partial charge in [-0.15, -0.1) is 11.3 Å². The van der Waals surface area contributed by atoms with Crippen LogP contribution in [0.5, 0.6) is 0 Å². The maximum absolute atomic E-state index is 12.5. The third kappa shape index (κ3) is 3.47. The number of nitro groups is 1. The summed E-state index contributed by atoms with van der Waals surface area (Å²) in [4.78, 5) is 27.5. The van der Waals surface area contributed by atoms with Crippen molar-refractivity contribution in [2.24, 2.45) is 0 Å². The molecule has 4 aromatic rings. The molecule has 28 heavy (non-hydrogen) atoms. The second kappa shape index (κ2) is 7.21. The molecule has 138 valence electrons. The number of thiazole rings is 1. The Morgan fingerprint density at radius 2 is 1.86 bits per heavy atom. The van der Waals surface area contributed by atoms with E-state index in [4.69, 9.17) is 0 Å². The van der Waals surface area contributed by atoms with Gasteiger partial charge in [0.1, 0.15) is 0 Å². The van der Waals surface area contributed by atoms with Gasteiger partial charge in [-0.1, -0.05) is 42.5 Å². The zero-order chi connectivity index (χ0) is 19.7. The summed E-state index contributed by atoms with van der Waals surface area (Å²) in [6.07, 6.45) is 0. The first-order valence-corrected chi connectivity index (χ1v) is 9.40. The van der Waals surface area contributed by atoms with E-state index in [0.29, 0.717) is 10.7 Å². The number of hydrogen-bond acceptors (Lipinski definition) is 5. The quantitative estimate of drug-likeness (QED) is 0.372. The molecular formula is C21H15N3O3S. The summed E-state index contributed by atoms with van der Waals surface area (Å²) in [5.74, 6) is -0.428. The number of anilines is 1. The molecule has 0 fully saturated rings. The third-order valence-electron chi connectivity index (χ3n) is 4.44. The molecule has 0 radical (unpaired) electrons. The van der Waals surface area contributed by atoms with Crippen molar-refractivity contribution in [2.75, 3.05) is 5.32 Å². The lowest BCUT2D eigenvalue weighted by atomic mass is 10.1. The van der Waals surface area contributed by atoms with E-state index in [-0.39, 0.29) is 11.3 Å². The first-order chi connectivity index (χ1) is 13.5. The van der Waals surface area contributed by atoms with Gasteiger partial charge in [-0.3, -0.25) is 20.2 Å². The molecule has 0 atom stereocenters. The number of hydrogen-bond donors (Lipinski definition) is 1. The number of nitrogens with zero attached hydrogens (tertiary/aromatic N) is 2. The number of aryl methyl sites for hydroxylation is 1. The molecule has 3 aromatic carbocycles. The van der Waals surface area contributed by atoms with Crippen molar-refractivity contribution in [3.63, 3.8) is 0 Å². The lowest BCUT2D eigenvalue weighted by Gasteiger charge is -2.03. The van der Waals surface area contributed by atoms with Crippen molar-refractivity contribution in [1.29, 1.82) is 0 Å². The van der Waals surface area contributed by atoms with Gasteiger partial charge >= 0.3 is 0 Å². The topological polar surface area (TPSA) is 85.1 Å². The molecule has 7 heteroatoms. The van der Waals surface area contributed by atoms with Gasteiger partial charge < -0.3 is 0 Å². The fraction of sp³-hybridized carbons (Fsp3) is 0.0476. The molecular weight excluding hydrogens is 374 g/mol. The number of carbonyl (C=O) groups is 1. The predicted molar refractivity (Wildman–Crippen MR) is 111 cm³/mol. The van der Waals surface area contributed by atoms with Crippen LogP contribution in [0.1, 0.15) is 15.9 Å². The monoisotopic (exact) mass is 389 g/mol. The molecule has 1 amide bonds. The molecule has 1 N–H and O–H groups in total. The second-order valence-electron chi connectivity index (χ2n) is 6.31. The average molecular weight is 389 g/mol. The van der Waals surface area contributed by atoms with E-state index in [9.17, 15) is 14.9 Å². The van der Waals surface area contributed by atoms with Gasteiger partial charge in [0, 0.05) is 28.1 Å². The maximum atomic E-state index is 12.5.